The van der Waals surface area contributed by atoms with Crippen molar-refractivity contribution < 1.29 is 19.1 Å². The average Bonchev–Trinajstić information content (AvgIpc) is 2.83. The fourth-order valence-electron chi connectivity index (χ4n) is 2.57. The highest BCUT2D eigenvalue weighted by Crippen LogP contribution is 2.11. The minimum Gasteiger partial charge on any atom is -0.484 e. The molecule has 8 nitrogen and oxygen atoms in total. The molecule has 3 amide bonds. The summed E-state index contributed by atoms with van der Waals surface area (Å²) in [5, 5.41) is 9.02. The summed E-state index contributed by atoms with van der Waals surface area (Å²) in [6.45, 7) is 0.334. The maximum absolute atomic E-state index is 11.9. The van der Waals surface area contributed by atoms with Crippen LogP contribution in [0.25, 0.3) is 0 Å². The molecule has 3 N–H and O–H groups in total. The maximum Gasteiger partial charge on any atom is 0.329 e. The molecular weight excluding hydrogens is 408 g/mol. The summed E-state index contributed by atoms with van der Waals surface area (Å²) in [5.41, 5.74) is 4.37. The third-order valence-corrected chi connectivity index (χ3v) is 4.20. The van der Waals surface area contributed by atoms with Crippen LogP contribution >= 0.6 is 0 Å². The number of nitrogens with zero attached hydrogens (tertiary/aromatic N) is 1. The molecule has 0 heterocycles. The number of para-hydroxylation sites is 1. The Bertz CT molecular complexity index is 1070. The van der Waals surface area contributed by atoms with Crippen molar-refractivity contribution in [2.24, 2.45) is 5.10 Å². The number of amides is 3. The van der Waals surface area contributed by atoms with E-state index >= 15 is 0 Å². The van der Waals surface area contributed by atoms with Crippen molar-refractivity contribution in [2.75, 3.05) is 11.9 Å². The van der Waals surface area contributed by atoms with Crippen molar-refractivity contribution >= 4 is 29.6 Å². The number of nitrogens with one attached hydrogen (secondary N) is 3. The van der Waals surface area contributed by atoms with E-state index < -0.39 is 11.8 Å². The largest absolute Gasteiger partial charge is 0.484 e. The van der Waals surface area contributed by atoms with Crippen LogP contribution in [0.3, 0.4) is 0 Å². The number of hydrogen-bond acceptors (Lipinski definition) is 5. The maximum atomic E-state index is 11.9. The van der Waals surface area contributed by atoms with Crippen LogP contribution in [0.2, 0.25) is 0 Å². The van der Waals surface area contributed by atoms with E-state index in [-0.39, 0.29) is 12.5 Å². The number of hydrazone groups is 1. The number of carbonyl (C=O) groups is 3. The van der Waals surface area contributed by atoms with Gasteiger partial charge >= 0.3 is 11.8 Å². The lowest BCUT2D eigenvalue weighted by Crippen LogP contribution is -2.32. The van der Waals surface area contributed by atoms with Crippen molar-refractivity contribution in [1.29, 1.82) is 0 Å². The molecule has 0 spiro atoms. The minimum atomic E-state index is -0.883. The summed E-state index contributed by atoms with van der Waals surface area (Å²) in [5.74, 6) is -1.41. The standard InChI is InChI=1S/C24H22N4O4/c29-22(25-15-18-7-3-1-4-8-18)17-32-21-13-11-19(12-14-21)16-26-28-24(31)23(30)27-20-9-5-2-6-10-20/h1-14,16H,15,17H2,(H,25,29)(H,27,30)(H,28,31)/b26-16-. The highest BCUT2D eigenvalue weighted by molar-refractivity contribution is 6.39. The van der Waals surface area contributed by atoms with Crippen LogP contribution in [0.1, 0.15) is 11.1 Å². The van der Waals surface area contributed by atoms with Crippen LogP contribution in [-0.4, -0.2) is 30.5 Å². The molecule has 0 bridgehead atoms. The number of carbonyl (C=O) groups excluding carboxylic acids is 3. The zero-order valence-electron chi connectivity index (χ0n) is 17.2. The normalized spacial score (nSPS) is 10.4. The molecule has 0 fully saturated rings. The SMILES string of the molecule is O=C(COc1ccc(/C=N\NC(=O)C(=O)Nc2ccccc2)cc1)NCc1ccccc1. The summed E-state index contributed by atoms with van der Waals surface area (Å²) in [6, 6.07) is 25.0. The van der Waals surface area contributed by atoms with Crippen LogP contribution < -0.4 is 20.8 Å². The summed E-state index contributed by atoms with van der Waals surface area (Å²) in [7, 11) is 0. The first-order valence-corrected chi connectivity index (χ1v) is 9.83. The number of anilines is 1. The molecule has 3 aromatic carbocycles. The minimum absolute atomic E-state index is 0.104. The Hall–Kier alpha value is -4.46. The highest BCUT2D eigenvalue weighted by Gasteiger charge is 2.12. The van der Waals surface area contributed by atoms with E-state index in [2.05, 4.69) is 21.2 Å². The predicted molar refractivity (Wildman–Crippen MR) is 121 cm³/mol. The van der Waals surface area contributed by atoms with Crippen LogP contribution in [0.5, 0.6) is 5.75 Å². The molecule has 0 radical (unpaired) electrons. The monoisotopic (exact) mass is 430 g/mol. The van der Waals surface area contributed by atoms with E-state index in [0.29, 0.717) is 23.5 Å². The quantitative estimate of drug-likeness (QED) is 0.290. The lowest BCUT2D eigenvalue weighted by atomic mass is 10.2. The van der Waals surface area contributed by atoms with Gasteiger partial charge in [-0.05, 0) is 47.5 Å². The van der Waals surface area contributed by atoms with Crippen LogP contribution in [-0.2, 0) is 20.9 Å². The van der Waals surface area contributed by atoms with Gasteiger partial charge in [-0.25, -0.2) is 5.43 Å². The van der Waals surface area contributed by atoms with E-state index in [1.54, 1.807) is 54.6 Å². The fourth-order valence-corrected chi connectivity index (χ4v) is 2.57. The van der Waals surface area contributed by atoms with Gasteiger partial charge in [-0.15, -0.1) is 0 Å². The van der Waals surface area contributed by atoms with Crippen molar-refractivity contribution in [3.63, 3.8) is 0 Å². The molecule has 8 heteroatoms. The Labute approximate surface area is 185 Å². The Balaban J connectivity index is 1.39. The highest BCUT2D eigenvalue weighted by atomic mass is 16.5. The molecular formula is C24H22N4O4. The molecule has 32 heavy (non-hydrogen) atoms. The zero-order chi connectivity index (χ0) is 22.6. The smallest absolute Gasteiger partial charge is 0.329 e. The molecule has 0 aromatic heterocycles. The number of rotatable bonds is 8. The molecule has 0 aliphatic rings. The van der Waals surface area contributed by atoms with Gasteiger partial charge in [0.15, 0.2) is 6.61 Å². The molecule has 0 saturated heterocycles. The van der Waals surface area contributed by atoms with Crippen molar-refractivity contribution in [3.8, 4) is 5.75 Å². The van der Waals surface area contributed by atoms with Crippen molar-refractivity contribution in [2.45, 2.75) is 6.54 Å². The van der Waals surface area contributed by atoms with Gasteiger partial charge in [0.2, 0.25) is 0 Å². The lowest BCUT2D eigenvalue weighted by molar-refractivity contribution is -0.136. The molecule has 0 saturated carbocycles. The zero-order valence-corrected chi connectivity index (χ0v) is 17.2. The molecule has 0 unspecified atom stereocenters. The summed E-state index contributed by atoms with van der Waals surface area (Å²) >= 11 is 0. The van der Waals surface area contributed by atoms with Crippen LogP contribution in [0, 0.1) is 0 Å². The number of benzene rings is 3. The Morgan fingerprint density at radius 2 is 1.47 bits per heavy atom. The van der Waals surface area contributed by atoms with Gasteiger partial charge in [-0.1, -0.05) is 48.5 Å². The van der Waals surface area contributed by atoms with Gasteiger partial charge in [-0.3, -0.25) is 14.4 Å². The Morgan fingerprint density at radius 3 is 2.16 bits per heavy atom. The van der Waals surface area contributed by atoms with Crippen molar-refractivity contribution in [1.82, 2.24) is 10.7 Å². The molecule has 0 atom stereocenters. The van der Waals surface area contributed by atoms with Crippen LogP contribution in [0.4, 0.5) is 5.69 Å². The van der Waals surface area contributed by atoms with E-state index in [0.717, 1.165) is 5.56 Å². The van der Waals surface area contributed by atoms with Gasteiger partial charge in [0.25, 0.3) is 5.91 Å². The molecule has 162 valence electrons. The first kappa shape index (κ1) is 22.2. The lowest BCUT2D eigenvalue weighted by Gasteiger charge is -2.08. The van der Waals surface area contributed by atoms with Gasteiger partial charge in [0, 0.05) is 12.2 Å². The number of hydrogen-bond donors (Lipinski definition) is 3. The summed E-state index contributed by atoms with van der Waals surface area (Å²) in [6.07, 6.45) is 1.39. The van der Waals surface area contributed by atoms with E-state index in [1.165, 1.54) is 6.21 Å². The van der Waals surface area contributed by atoms with Crippen molar-refractivity contribution in [3.05, 3.63) is 96.1 Å². The topological polar surface area (TPSA) is 109 Å². The predicted octanol–water partition coefficient (Wildman–Crippen LogP) is 2.47. The second-order valence-corrected chi connectivity index (χ2v) is 6.64. The summed E-state index contributed by atoms with van der Waals surface area (Å²) < 4.78 is 5.46. The second-order valence-electron chi connectivity index (χ2n) is 6.64. The molecule has 3 aromatic rings. The van der Waals surface area contributed by atoms with E-state index in [1.807, 2.05) is 30.3 Å². The molecule has 0 aliphatic carbocycles. The Kier molecular flexibility index (Phi) is 8.10. The fraction of sp³-hybridized carbons (Fsp3) is 0.0833. The van der Waals surface area contributed by atoms with Crippen LogP contribution in [0.15, 0.2) is 90.0 Å². The van der Waals surface area contributed by atoms with E-state index in [4.69, 9.17) is 4.74 Å². The molecule has 0 aliphatic heterocycles. The average molecular weight is 430 g/mol. The third kappa shape index (κ3) is 7.42. The van der Waals surface area contributed by atoms with Gasteiger partial charge < -0.3 is 15.4 Å². The Morgan fingerprint density at radius 1 is 0.812 bits per heavy atom. The number of ether oxygens (including phenoxy) is 1. The van der Waals surface area contributed by atoms with E-state index in [9.17, 15) is 14.4 Å². The van der Waals surface area contributed by atoms with Gasteiger partial charge in [0.1, 0.15) is 5.75 Å². The first-order chi connectivity index (χ1) is 15.6. The van der Waals surface area contributed by atoms with Gasteiger partial charge in [-0.2, -0.15) is 5.10 Å². The molecule has 3 rings (SSSR count). The second kappa shape index (κ2) is 11.7. The third-order valence-electron chi connectivity index (χ3n) is 4.20. The first-order valence-electron chi connectivity index (χ1n) is 9.83. The summed E-state index contributed by atoms with van der Waals surface area (Å²) in [4.78, 5) is 35.5. The van der Waals surface area contributed by atoms with Gasteiger partial charge in [0.05, 0.1) is 6.21 Å².